The van der Waals surface area contributed by atoms with Crippen LogP contribution in [0.3, 0.4) is 0 Å². The monoisotopic (exact) mass is 938 g/mol. The lowest BCUT2D eigenvalue weighted by molar-refractivity contribution is 0.00578. The van der Waals surface area contributed by atoms with Crippen LogP contribution in [0.4, 0.5) is 22.7 Å². The van der Waals surface area contributed by atoms with Crippen molar-refractivity contribution in [2.75, 3.05) is 11.5 Å². The molecular weight excluding hydrogens is 890 g/mol. The summed E-state index contributed by atoms with van der Waals surface area (Å²) in [6.45, 7) is 27.0. The Morgan fingerprint density at radius 2 is 1.21 bits per heavy atom. The highest BCUT2D eigenvalue weighted by atomic mass is 79.9. The van der Waals surface area contributed by atoms with Crippen LogP contribution in [-0.4, -0.2) is 59.8 Å². The fourth-order valence-electron chi connectivity index (χ4n) is 8.48. The van der Waals surface area contributed by atoms with Gasteiger partial charge in [0.1, 0.15) is 0 Å². The predicted octanol–water partition coefficient (Wildman–Crippen LogP) is 10.8. The molecule has 3 fully saturated rings. The van der Waals surface area contributed by atoms with Crippen molar-refractivity contribution in [3.05, 3.63) is 110 Å². The first-order valence-corrected chi connectivity index (χ1v) is 22.1. The Morgan fingerprint density at radius 3 is 1.69 bits per heavy atom. The summed E-state index contributed by atoms with van der Waals surface area (Å²) < 4.78 is 17.8. The zero-order valence-electron chi connectivity index (χ0n) is 35.6. The highest BCUT2D eigenvalue weighted by molar-refractivity contribution is 9.10. The first-order valence-electron chi connectivity index (χ1n) is 20.5. The zero-order chi connectivity index (χ0) is 44.8. The highest BCUT2D eigenvalue weighted by Gasteiger charge is 2.52. The van der Waals surface area contributed by atoms with Gasteiger partial charge in [-0.1, -0.05) is 23.2 Å². The van der Waals surface area contributed by atoms with E-state index in [1.165, 1.54) is 12.4 Å². The lowest BCUT2D eigenvalue weighted by Gasteiger charge is -2.32. The van der Waals surface area contributed by atoms with Crippen LogP contribution < -0.4 is 16.9 Å². The van der Waals surface area contributed by atoms with Gasteiger partial charge in [0.15, 0.2) is 11.4 Å². The number of nitrogen functional groups attached to an aromatic ring is 2. The largest absolute Gasteiger partial charge is 0.496 e. The third-order valence-corrected chi connectivity index (χ3v) is 14.4. The summed E-state index contributed by atoms with van der Waals surface area (Å²) in [7, 11) is -0.466. The maximum absolute atomic E-state index is 10.0. The number of hydrogen-bond donors (Lipinski definition) is 4. The van der Waals surface area contributed by atoms with Crippen LogP contribution in [-0.2, 0) is 9.31 Å². The minimum atomic E-state index is -0.466. The molecular formula is C46H50BBrCl2N8O4. The number of nitrogens with zero attached hydrogens (tertiary/aromatic N) is 6. The van der Waals surface area contributed by atoms with E-state index in [-0.39, 0.29) is 24.3 Å². The fraction of sp³-hybridized carbons (Fsp3) is 0.391. The molecule has 3 aliphatic rings. The quantitative estimate of drug-likeness (QED) is 0.101. The number of aliphatic hydroxyl groups is 2. The van der Waals surface area contributed by atoms with Crippen molar-refractivity contribution in [3.8, 4) is 11.1 Å². The second-order valence-electron chi connectivity index (χ2n) is 17.4. The molecule has 0 spiro atoms. The van der Waals surface area contributed by atoms with Gasteiger partial charge >= 0.3 is 7.12 Å². The van der Waals surface area contributed by atoms with Crippen LogP contribution >= 0.6 is 39.1 Å². The molecule has 0 radical (unpaired) electrons. The standard InChI is InChI=1S/C21H27BN2O3.C20H19ClN4O.C5H4BrClN2/c1-13-9-19-16(11-18(13)23-6)17(12-24(19)14-7-8-15(25)10-14)22-26-20(2,3)21(4,5)27-22;1-11-5-19-14(7-18(11)23-2)16(15-8-24-9-17(22)20(15)21)10-25(19)12-3-4-13(26)6-12;6-3-1-9-2-4(8)5(3)7/h9,11-12,14-15,25H,7-8,10H2,1-5H3;5,7-10,12-13,26H,3-4,6,22H2,1H3;1-2H,8H2/t14-,15+;12-,13+;/m11./s1. The van der Waals surface area contributed by atoms with Gasteiger partial charge in [-0.15, -0.1) is 0 Å². The summed E-state index contributed by atoms with van der Waals surface area (Å²) in [6.07, 6.45) is 15.0. The molecule has 12 nitrogen and oxygen atoms in total. The number of anilines is 2. The van der Waals surface area contributed by atoms with E-state index in [0.717, 1.165) is 92.5 Å². The number of fused-ring (bicyclic) bond motifs is 2. The summed E-state index contributed by atoms with van der Waals surface area (Å²) in [4.78, 5) is 15.3. The Kier molecular flexibility index (Phi) is 13.1. The van der Waals surface area contributed by atoms with E-state index in [9.17, 15) is 10.2 Å². The maximum atomic E-state index is 10.0. The van der Waals surface area contributed by atoms with Gasteiger partial charge in [0, 0.05) is 64.5 Å². The second kappa shape index (κ2) is 17.9. The van der Waals surface area contributed by atoms with E-state index < -0.39 is 18.3 Å². The molecule has 5 heterocycles. The van der Waals surface area contributed by atoms with Crippen LogP contribution in [0.1, 0.15) is 89.4 Å². The average molecular weight is 941 g/mol. The van der Waals surface area contributed by atoms with Gasteiger partial charge in [-0.3, -0.25) is 9.97 Å². The molecule has 6 N–H and O–H groups in total. The molecule has 2 saturated carbocycles. The van der Waals surface area contributed by atoms with Gasteiger partial charge in [0.25, 0.3) is 0 Å². The molecule has 9 rings (SSSR count). The van der Waals surface area contributed by atoms with Crippen molar-refractivity contribution in [2.45, 2.75) is 116 Å². The lowest BCUT2D eigenvalue weighted by Crippen LogP contribution is -2.41. The number of halogens is 3. The minimum absolute atomic E-state index is 0.229. The summed E-state index contributed by atoms with van der Waals surface area (Å²) >= 11 is 15.3. The minimum Gasteiger partial charge on any atom is -0.399 e. The lowest BCUT2D eigenvalue weighted by atomic mass is 9.79. The first kappa shape index (κ1) is 45.4. The van der Waals surface area contributed by atoms with Gasteiger partial charge in [-0.05, 0) is 142 Å². The van der Waals surface area contributed by atoms with Crippen molar-refractivity contribution in [1.82, 2.24) is 19.1 Å². The molecule has 16 heteroatoms. The number of benzene rings is 2. The summed E-state index contributed by atoms with van der Waals surface area (Å²) in [5.74, 6) is 0. The topological polar surface area (TPSA) is 155 Å². The Balaban J connectivity index is 0.000000156. The smallest absolute Gasteiger partial charge is 0.399 e. The Morgan fingerprint density at radius 1 is 0.726 bits per heavy atom. The molecule has 322 valence electrons. The Labute approximate surface area is 381 Å². The molecule has 0 amide bonds. The average Bonchev–Trinajstić information content (AvgIpc) is 4.05. The van der Waals surface area contributed by atoms with E-state index in [2.05, 4.69) is 63.2 Å². The molecule has 4 aromatic heterocycles. The van der Waals surface area contributed by atoms with Gasteiger partial charge in [-0.2, -0.15) is 0 Å². The van der Waals surface area contributed by atoms with Crippen molar-refractivity contribution < 1.29 is 19.5 Å². The van der Waals surface area contributed by atoms with E-state index in [1.807, 2.05) is 59.7 Å². The molecule has 1 aliphatic heterocycles. The van der Waals surface area contributed by atoms with E-state index in [0.29, 0.717) is 32.8 Å². The molecule has 1 saturated heterocycles. The number of nitrogens with two attached hydrogens (primary N) is 2. The molecule has 6 aromatic rings. The van der Waals surface area contributed by atoms with Crippen LogP contribution in [0.5, 0.6) is 0 Å². The van der Waals surface area contributed by atoms with Crippen molar-refractivity contribution in [1.29, 1.82) is 0 Å². The Hall–Kier alpha value is -4.64. The molecule has 2 aliphatic carbocycles. The van der Waals surface area contributed by atoms with Crippen LogP contribution in [0.25, 0.3) is 42.6 Å². The number of pyridine rings is 2. The number of rotatable bonds is 4. The zero-order valence-corrected chi connectivity index (χ0v) is 38.7. The Bertz CT molecular complexity index is 2720. The third kappa shape index (κ3) is 8.80. The summed E-state index contributed by atoms with van der Waals surface area (Å²) in [5.41, 5.74) is 19.4. The normalized spacial score (nSPS) is 21.3. The van der Waals surface area contributed by atoms with Gasteiger partial charge in [0.2, 0.25) is 0 Å². The van der Waals surface area contributed by atoms with Crippen LogP contribution in [0.15, 0.2) is 65.9 Å². The number of aliphatic hydroxyl groups excluding tert-OH is 2. The second-order valence-corrected chi connectivity index (χ2v) is 19.0. The number of hydrogen-bond acceptors (Lipinski definition) is 8. The highest BCUT2D eigenvalue weighted by Crippen LogP contribution is 2.43. The first-order chi connectivity index (χ1) is 29.3. The molecule has 0 unspecified atom stereocenters. The number of aromatic nitrogens is 4. The molecule has 2 aromatic carbocycles. The van der Waals surface area contributed by atoms with E-state index in [1.54, 1.807) is 12.4 Å². The van der Waals surface area contributed by atoms with Crippen molar-refractivity contribution >= 4 is 96.3 Å². The van der Waals surface area contributed by atoms with Crippen molar-refractivity contribution in [2.24, 2.45) is 0 Å². The van der Waals surface area contributed by atoms with Gasteiger partial charge in [-0.25, -0.2) is 9.69 Å². The van der Waals surface area contributed by atoms with Gasteiger partial charge in [0.05, 0.1) is 74.8 Å². The molecule has 62 heavy (non-hydrogen) atoms. The summed E-state index contributed by atoms with van der Waals surface area (Å²) in [6, 6.07) is 8.49. The van der Waals surface area contributed by atoms with Crippen LogP contribution in [0.2, 0.25) is 10.0 Å². The predicted molar refractivity (Wildman–Crippen MR) is 253 cm³/mol. The van der Waals surface area contributed by atoms with Crippen LogP contribution in [0, 0.1) is 27.0 Å². The summed E-state index contributed by atoms with van der Waals surface area (Å²) in [5, 5.41) is 22.9. The third-order valence-electron chi connectivity index (χ3n) is 12.7. The number of aryl methyl sites for hydroxylation is 2. The van der Waals surface area contributed by atoms with Crippen molar-refractivity contribution in [3.63, 3.8) is 0 Å². The van der Waals surface area contributed by atoms with E-state index >= 15 is 0 Å². The molecule has 0 bridgehead atoms. The van der Waals surface area contributed by atoms with Gasteiger partial charge < -0.3 is 40.1 Å². The maximum Gasteiger partial charge on any atom is 0.496 e. The van der Waals surface area contributed by atoms with E-state index in [4.69, 9.17) is 57.1 Å². The molecule has 4 atom stereocenters. The SMILES string of the molecule is Nc1cncc(Br)c1Cl.[C-]#[N+]c1cc2c(-c3cncc(N)c3Cl)cn([C@@H]3CC[C@H](O)C3)c2cc1C.[C-]#[N+]c1cc2c(B3OC(C)(C)C(C)(C)O3)cn([C@@H]3CC[C@H](O)C3)c2cc1C. The fourth-order valence-corrected chi connectivity index (χ4v) is 9.12.